The summed E-state index contributed by atoms with van der Waals surface area (Å²) in [7, 11) is 0. The van der Waals surface area contributed by atoms with Crippen LogP contribution >= 0.6 is 11.6 Å². The highest BCUT2D eigenvalue weighted by molar-refractivity contribution is 6.18. The number of aromatic amines is 1. The topological polar surface area (TPSA) is 75.1 Å². The first kappa shape index (κ1) is 11.9. The van der Waals surface area contributed by atoms with Crippen LogP contribution in [-0.2, 0) is 0 Å². The lowest BCUT2D eigenvalue weighted by Gasteiger charge is -2.20. The second-order valence-corrected chi connectivity index (χ2v) is 4.49. The first-order valence-corrected chi connectivity index (χ1v) is 5.90. The van der Waals surface area contributed by atoms with E-state index in [0.29, 0.717) is 23.3 Å². The Labute approximate surface area is 103 Å². The lowest BCUT2D eigenvalue weighted by Crippen LogP contribution is -2.28. The van der Waals surface area contributed by atoms with Crippen LogP contribution in [0.2, 0.25) is 0 Å². The van der Waals surface area contributed by atoms with Crippen LogP contribution < -0.4 is 11.0 Å². The summed E-state index contributed by atoms with van der Waals surface area (Å²) in [4.78, 5) is 15.4. The summed E-state index contributed by atoms with van der Waals surface area (Å²) < 4.78 is 1.34. The van der Waals surface area contributed by atoms with Gasteiger partial charge in [0.15, 0.2) is 5.65 Å². The Morgan fingerprint density at radius 2 is 2.35 bits per heavy atom. The first-order chi connectivity index (χ1) is 8.11. The van der Waals surface area contributed by atoms with Crippen LogP contribution in [0.1, 0.15) is 13.8 Å². The van der Waals surface area contributed by atoms with Gasteiger partial charge in [-0.05, 0) is 5.92 Å². The molecule has 0 aromatic carbocycles. The van der Waals surface area contributed by atoms with Crippen molar-refractivity contribution in [1.29, 1.82) is 0 Å². The lowest BCUT2D eigenvalue weighted by molar-refractivity contribution is 0.562. The van der Waals surface area contributed by atoms with Gasteiger partial charge in [-0.25, -0.2) is 19.3 Å². The Bertz CT molecular complexity index is 561. The summed E-state index contributed by atoms with van der Waals surface area (Å²) in [6.07, 6.45) is 1.44. The number of halogens is 1. The van der Waals surface area contributed by atoms with Gasteiger partial charge in [-0.1, -0.05) is 13.8 Å². The monoisotopic (exact) mass is 255 g/mol. The predicted octanol–water partition coefficient (Wildman–Crippen LogP) is 1.09. The van der Waals surface area contributed by atoms with Crippen LogP contribution in [0.4, 0.5) is 5.82 Å². The van der Waals surface area contributed by atoms with Crippen LogP contribution in [0.25, 0.3) is 5.65 Å². The summed E-state index contributed by atoms with van der Waals surface area (Å²) in [6.45, 7) is 4.16. The third-order valence-corrected chi connectivity index (χ3v) is 2.95. The van der Waals surface area contributed by atoms with E-state index in [1.165, 1.54) is 10.7 Å². The molecule has 0 amide bonds. The number of rotatable bonds is 4. The third-order valence-electron chi connectivity index (χ3n) is 2.61. The van der Waals surface area contributed by atoms with Crippen molar-refractivity contribution in [3.63, 3.8) is 0 Å². The van der Waals surface area contributed by atoms with E-state index in [1.807, 2.05) is 0 Å². The van der Waals surface area contributed by atoms with Crippen molar-refractivity contribution in [2.45, 2.75) is 19.9 Å². The minimum Gasteiger partial charge on any atom is -0.366 e. The average Bonchev–Trinajstić information content (AvgIpc) is 2.67. The van der Waals surface area contributed by atoms with Crippen LogP contribution in [0.3, 0.4) is 0 Å². The summed E-state index contributed by atoms with van der Waals surface area (Å²) in [5, 5.41) is 9.44. The fourth-order valence-electron chi connectivity index (χ4n) is 1.46. The predicted molar refractivity (Wildman–Crippen MR) is 66.6 cm³/mol. The Morgan fingerprint density at radius 1 is 1.59 bits per heavy atom. The van der Waals surface area contributed by atoms with E-state index in [4.69, 9.17) is 11.6 Å². The molecule has 2 aromatic heterocycles. The van der Waals surface area contributed by atoms with E-state index in [9.17, 15) is 4.79 Å². The number of alkyl halides is 1. The largest absolute Gasteiger partial charge is 0.366 e. The van der Waals surface area contributed by atoms with E-state index in [2.05, 4.69) is 34.3 Å². The molecule has 2 rings (SSSR count). The number of nitrogens with one attached hydrogen (secondary N) is 2. The van der Waals surface area contributed by atoms with Gasteiger partial charge in [-0.2, -0.15) is 5.10 Å². The molecule has 0 saturated heterocycles. The number of nitrogens with zero attached hydrogens (tertiary/aromatic N) is 3. The molecule has 0 aliphatic carbocycles. The Kier molecular flexibility index (Phi) is 3.33. The van der Waals surface area contributed by atoms with Crippen molar-refractivity contribution in [2.24, 2.45) is 5.92 Å². The molecule has 0 aliphatic heterocycles. The molecule has 1 unspecified atom stereocenters. The quantitative estimate of drug-likeness (QED) is 0.802. The van der Waals surface area contributed by atoms with Gasteiger partial charge in [0.2, 0.25) is 0 Å². The van der Waals surface area contributed by atoms with Gasteiger partial charge in [-0.15, -0.1) is 11.6 Å². The zero-order valence-electron chi connectivity index (χ0n) is 9.64. The van der Waals surface area contributed by atoms with Crippen molar-refractivity contribution in [1.82, 2.24) is 19.6 Å². The maximum atomic E-state index is 11.2. The van der Waals surface area contributed by atoms with Gasteiger partial charge in [0.05, 0.1) is 0 Å². The average molecular weight is 256 g/mol. The maximum Gasteiger partial charge on any atom is 0.348 e. The molecule has 92 valence electrons. The molecule has 0 saturated carbocycles. The number of hydrogen-bond donors (Lipinski definition) is 2. The molecule has 17 heavy (non-hydrogen) atoms. The number of hydrogen-bond acceptors (Lipinski definition) is 4. The third kappa shape index (κ3) is 2.41. The van der Waals surface area contributed by atoms with Crippen molar-refractivity contribution in [2.75, 3.05) is 11.2 Å². The van der Waals surface area contributed by atoms with Crippen molar-refractivity contribution < 1.29 is 0 Å². The Balaban J connectivity index is 2.27. The molecule has 0 spiro atoms. The standard InChI is InChI=1S/C10H14ClN5O/c1-6(2)7(4-11)13-8-3-9-14-15-10(17)16(9)5-12-8/h3,5-7,13H,4H2,1-2H3,(H,15,17). The van der Waals surface area contributed by atoms with Gasteiger partial charge in [-0.3, -0.25) is 0 Å². The van der Waals surface area contributed by atoms with Gasteiger partial charge in [0.1, 0.15) is 12.1 Å². The van der Waals surface area contributed by atoms with Crippen LogP contribution in [0.15, 0.2) is 17.2 Å². The zero-order valence-corrected chi connectivity index (χ0v) is 10.4. The highest BCUT2D eigenvalue weighted by Crippen LogP contribution is 2.12. The van der Waals surface area contributed by atoms with Crippen LogP contribution in [0.5, 0.6) is 0 Å². The minimum atomic E-state index is -0.295. The molecular weight excluding hydrogens is 242 g/mol. The van der Waals surface area contributed by atoms with E-state index >= 15 is 0 Å². The van der Waals surface area contributed by atoms with Gasteiger partial charge in [0.25, 0.3) is 0 Å². The molecule has 0 bridgehead atoms. The molecule has 2 aromatic rings. The van der Waals surface area contributed by atoms with E-state index < -0.39 is 0 Å². The first-order valence-electron chi connectivity index (χ1n) is 5.37. The molecule has 7 heteroatoms. The van der Waals surface area contributed by atoms with E-state index in [-0.39, 0.29) is 11.7 Å². The van der Waals surface area contributed by atoms with Crippen LogP contribution in [0, 0.1) is 5.92 Å². The molecule has 0 radical (unpaired) electrons. The molecule has 1 atom stereocenters. The fourth-order valence-corrected chi connectivity index (χ4v) is 1.90. The molecule has 0 fully saturated rings. The second-order valence-electron chi connectivity index (χ2n) is 4.18. The highest BCUT2D eigenvalue weighted by Gasteiger charge is 2.12. The maximum absolute atomic E-state index is 11.2. The van der Waals surface area contributed by atoms with Crippen LogP contribution in [-0.4, -0.2) is 31.5 Å². The molecular formula is C10H14ClN5O. The smallest absolute Gasteiger partial charge is 0.348 e. The number of H-pyrrole nitrogens is 1. The van der Waals surface area contributed by atoms with E-state index in [0.717, 1.165) is 0 Å². The summed E-state index contributed by atoms with van der Waals surface area (Å²) in [5.74, 6) is 1.56. The summed E-state index contributed by atoms with van der Waals surface area (Å²) in [6, 6.07) is 1.84. The molecule has 0 aliphatic rings. The molecule has 2 heterocycles. The number of aromatic nitrogens is 4. The molecule has 6 nitrogen and oxygen atoms in total. The number of fused-ring (bicyclic) bond motifs is 1. The van der Waals surface area contributed by atoms with Crippen molar-refractivity contribution in [3.05, 3.63) is 22.9 Å². The zero-order chi connectivity index (χ0) is 12.4. The van der Waals surface area contributed by atoms with E-state index in [1.54, 1.807) is 6.07 Å². The van der Waals surface area contributed by atoms with Gasteiger partial charge >= 0.3 is 5.69 Å². The lowest BCUT2D eigenvalue weighted by atomic mass is 10.1. The normalized spacial score (nSPS) is 13.2. The van der Waals surface area contributed by atoms with Gasteiger partial charge in [0, 0.05) is 18.0 Å². The minimum absolute atomic E-state index is 0.136. The second kappa shape index (κ2) is 4.75. The highest BCUT2D eigenvalue weighted by atomic mass is 35.5. The Hall–Kier alpha value is -1.56. The summed E-state index contributed by atoms with van der Waals surface area (Å²) >= 11 is 5.87. The summed E-state index contributed by atoms with van der Waals surface area (Å²) in [5.41, 5.74) is 0.237. The molecule has 2 N–H and O–H groups in total. The van der Waals surface area contributed by atoms with Crippen molar-refractivity contribution in [3.8, 4) is 0 Å². The Morgan fingerprint density at radius 3 is 3.00 bits per heavy atom. The van der Waals surface area contributed by atoms with Crippen molar-refractivity contribution >= 4 is 23.1 Å². The number of anilines is 1. The SMILES string of the molecule is CC(C)C(CCl)Nc1cc2n[nH]c(=O)n2cn1. The fraction of sp³-hybridized carbons (Fsp3) is 0.500. The van der Waals surface area contributed by atoms with Gasteiger partial charge < -0.3 is 5.32 Å².